The van der Waals surface area contributed by atoms with E-state index in [1.807, 2.05) is 0 Å². The summed E-state index contributed by atoms with van der Waals surface area (Å²) in [4.78, 5) is 0. The van der Waals surface area contributed by atoms with E-state index < -0.39 is 42.2 Å². The van der Waals surface area contributed by atoms with Gasteiger partial charge in [0, 0.05) is 0 Å². The second kappa shape index (κ2) is 12.4. The molecule has 0 bridgehead atoms. The Morgan fingerprint density at radius 2 is 0.361 bits per heavy atom. The van der Waals surface area contributed by atoms with Crippen molar-refractivity contribution in [2.75, 3.05) is 0 Å². The number of halogens is 2. The minimum Gasteiger partial charge on any atom is -0.176 e. The molecule has 0 fully saturated rings. The minimum atomic E-state index is -2.51. The third-order valence-electron chi connectivity index (χ3n) is 13.0. The highest BCUT2D eigenvalue weighted by Crippen LogP contribution is 2.65. The molecule has 8 heteroatoms. The van der Waals surface area contributed by atoms with Crippen molar-refractivity contribution in [1.82, 2.24) is 0 Å². The van der Waals surface area contributed by atoms with Gasteiger partial charge in [-0.15, -0.1) is 0 Å². The second-order valence-corrected chi connectivity index (χ2v) is 82.4. The van der Waals surface area contributed by atoms with E-state index in [4.69, 9.17) is 0 Å². The zero-order chi connectivity index (χ0) is 29.6. The van der Waals surface area contributed by atoms with Crippen LogP contribution in [0.3, 0.4) is 0 Å². The summed E-state index contributed by atoms with van der Waals surface area (Å²) >= 11 is 18.5. The van der Waals surface area contributed by atoms with Gasteiger partial charge in [-0.05, 0) is 0 Å². The third kappa shape index (κ3) is 4.85. The van der Waals surface area contributed by atoms with Gasteiger partial charge in [0.15, 0.2) is 0 Å². The van der Waals surface area contributed by atoms with Crippen molar-refractivity contribution in [2.24, 2.45) is 0 Å². The molecule has 0 nitrogen and oxygen atoms in total. The Balaban J connectivity index is 8.99. The molecule has 0 aromatic rings. The summed E-state index contributed by atoms with van der Waals surface area (Å²) in [5.41, 5.74) is 5.38. The van der Waals surface area contributed by atoms with Crippen LogP contribution in [0.1, 0.15) is 111 Å². The van der Waals surface area contributed by atoms with Crippen LogP contribution in [-0.2, 0) is 0 Å². The highest BCUT2D eigenvalue weighted by atomic mass is 35.6. The summed E-state index contributed by atoms with van der Waals surface area (Å²) in [5, 5.41) is 0. The van der Waals surface area contributed by atoms with E-state index in [0.29, 0.717) is 44.3 Å². The Kier molecular flexibility index (Phi) is 13.0. The first-order valence-corrected chi connectivity index (χ1v) is 36.8. The lowest BCUT2D eigenvalue weighted by atomic mass is 10.5. The molecule has 0 saturated heterocycles. The first kappa shape index (κ1) is 37.9. The lowest BCUT2D eigenvalue weighted by Gasteiger charge is -2.72. The summed E-state index contributed by atoms with van der Waals surface area (Å²) in [7, 11) is -7.97. The minimum absolute atomic E-state index is 0.673. The van der Waals surface area contributed by atoms with Crippen LogP contribution in [0.5, 0.6) is 0 Å². The number of rotatable bonds is 13. The van der Waals surface area contributed by atoms with Gasteiger partial charge in [-0.25, -0.2) is 0 Å². The maximum absolute atomic E-state index is 9.25. The van der Waals surface area contributed by atoms with Crippen LogP contribution in [0.25, 0.3) is 0 Å². The van der Waals surface area contributed by atoms with Crippen molar-refractivity contribution in [3.63, 3.8) is 0 Å². The predicted molar refractivity (Wildman–Crippen MR) is 190 cm³/mol. The molecule has 0 atom stereocenters. The largest absolute Gasteiger partial charge is 0.176 e. The first-order chi connectivity index (χ1) is 15.8. The van der Waals surface area contributed by atoms with Gasteiger partial charge < -0.3 is 0 Å². The summed E-state index contributed by atoms with van der Waals surface area (Å²) in [6.45, 7) is 52.2. The van der Waals surface area contributed by atoms with Gasteiger partial charge in [-0.1, -0.05) is 181 Å². The van der Waals surface area contributed by atoms with E-state index in [9.17, 15) is 22.2 Å². The maximum Gasteiger partial charge on any atom is 0.145 e. The molecule has 0 N–H and O–H groups in total. The van der Waals surface area contributed by atoms with Crippen LogP contribution in [0, 0.1) is 0 Å². The van der Waals surface area contributed by atoms with Crippen LogP contribution >= 0.6 is 22.2 Å². The van der Waals surface area contributed by atoms with Gasteiger partial charge in [0.2, 0.25) is 0 Å². The molecule has 0 saturated carbocycles. The second-order valence-electron chi connectivity index (χ2n) is 15.7. The summed E-state index contributed by atoms with van der Waals surface area (Å²) in [6.07, 6.45) is 0. The maximum atomic E-state index is 9.25. The smallest absolute Gasteiger partial charge is 0.145 e. The highest BCUT2D eigenvalue weighted by Gasteiger charge is 2.84. The molecule has 0 amide bonds. The molecule has 0 heterocycles. The lowest BCUT2D eigenvalue weighted by Crippen LogP contribution is -2.98. The average Bonchev–Trinajstić information content (AvgIpc) is 2.73. The molecule has 0 rings (SSSR count). The Labute approximate surface area is 244 Å². The topological polar surface area (TPSA) is 0 Å². The van der Waals surface area contributed by atoms with Gasteiger partial charge in [-0.3, -0.25) is 0 Å². The van der Waals surface area contributed by atoms with Gasteiger partial charge in [-0.2, -0.15) is 22.2 Å². The summed E-state index contributed by atoms with van der Waals surface area (Å²) in [6, 6.07) is 0. The molecule has 0 aliphatic carbocycles. The average molecular weight is 644 g/mol. The molecule has 0 unspecified atom stereocenters. The molecule has 0 aromatic heterocycles. The standard InChI is InChI=1S/C28H68Cl2Si6/c1-21(2)31(17,22(3)4)35(29,32(18,23(5)6)24(7)8)36(30,33(19,25(9)10)26(11)12)34(20,27(13)14)28(15)16/h21-28H,1-20H3. The first-order valence-electron chi connectivity index (χ1n) is 15.2. The fraction of sp³-hybridized carbons (Fsp3) is 1.00. The van der Waals surface area contributed by atoms with E-state index in [1.54, 1.807) is 0 Å². The van der Waals surface area contributed by atoms with Crippen molar-refractivity contribution in [3.05, 3.63) is 0 Å². The van der Waals surface area contributed by atoms with Crippen LogP contribution in [-0.4, -0.2) is 42.2 Å². The van der Waals surface area contributed by atoms with Gasteiger partial charge in [0.05, 0.1) is 30.4 Å². The van der Waals surface area contributed by atoms with Crippen molar-refractivity contribution < 1.29 is 0 Å². The van der Waals surface area contributed by atoms with Crippen molar-refractivity contribution in [1.29, 1.82) is 0 Å². The molecule has 36 heavy (non-hydrogen) atoms. The van der Waals surface area contributed by atoms with Crippen molar-refractivity contribution in [2.45, 2.75) is 181 Å². The Morgan fingerprint density at radius 1 is 0.278 bits per heavy atom. The molecule has 0 aliphatic heterocycles. The fourth-order valence-corrected chi connectivity index (χ4v) is 246. The quantitative estimate of drug-likeness (QED) is 0.138. The molecule has 0 spiro atoms. The summed E-state index contributed by atoms with van der Waals surface area (Å²) < 4.78 is 0. The lowest BCUT2D eigenvalue weighted by molar-refractivity contribution is 0.907. The Morgan fingerprint density at radius 3 is 0.417 bits per heavy atom. The van der Waals surface area contributed by atoms with E-state index in [1.165, 1.54) is 0 Å². The van der Waals surface area contributed by atoms with E-state index in [0.717, 1.165) is 0 Å². The SMILES string of the molecule is CC(C)[Si](C)(C(C)C)[Si](Cl)([Si](C)(C(C)C)C(C)C)[Si](Cl)([Si](C)(C(C)C)C(C)C)[Si](C)(C(C)C)C(C)C. The fourth-order valence-electron chi connectivity index (χ4n) is 8.49. The molecule has 0 aliphatic rings. The van der Waals surface area contributed by atoms with Crippen molar-refractivity contribution in [3.8, 4) is 0 Å². The van der Waals surface area contributed by atoms with Gasteiger partial charge in [0.1, 0.15) is 11.9 Å². The highest BCUT2D eigenvalue weighted by molar-refractivity contribution is 8.23. The van der Waals surface area contributed by atoms with Gasteiger partial charge in [0.25, 0.3) is 0 Å². The zero-order valence-corrected chi connectivity index (χ0v) is 35.9. The normalized spacial score (nSPS) is 15.8. The summed E-state index contributed by atoms with van der Waals surface area (Å²) in [5.74, 6) is -5.01. The Bertz CT molecular complexity index is 571. The Hall–Kier alpha value is 1.88. The number of hydrogen-bond acceptors (Lipinski definition) is 0. The van der Waals surface area contributed by atoms with Crippen molar-refractivity contribution >= 4 is 64.4 Å². The van der Waals surface area contributed by atoms with E-state index >= 15 is 0 Å². The monoisotopic (exact) mass is 642 g/mol. The third-order valence-corrected chi connectivity index (χ3v) is 161. The zero-order valence-electron chi connectivity index (χ0n) is 28.4. The molecule has 218 valence electrons. The molecule has 0 radical (unpaired) electrons. The van der Waals surface area contributed by atoms with Crippen LogP contribution in [0.2, 0.25) is 70.5 Å². The van der Waals surface area contributed by atoms with Gasteiger partial charge >= 0.3 is 0 Å². The van der Waals surface area contributed by atoms with Crippen LogP contribution < -0.4 is 0 Å². The molecular formula is C28H68Cl2Si6. The molecule has 0 aromatic carbocycles. The van der Waals surface area contributed by atoms with Crippen LogP contribution in [0.15, 0.2) is 0 Å². The predicted octanol–water partition coefficient (Wildman–Crippen LogP) is 12.3. The van der Waals surface area contributed by atoms with Crippen LogP contribution in [0.4, 0.5) is 0 Å². The molecular weight excluding hydrogens is 576 g/mol. The van der Waals surface area contributed by atoms with E-state index in [-0.39, 0.29) is 0 Å². The number of hydrogen-bond donors (Lipinski definition) is 0. The van der Waals surface area contributed by atoms with E-state index in [2.05, 4.69) is 137 Å².